The Morgan fingerprint density at radius 3 is 2.79 bits per heavy atom. The Kier molecular flexibility index (Phi) is 2.50. The summed E-state index contributed by atoms with van der Waals surface area (Å²) in [5, 5.41) is 0. The average Bonchev–Trinajstić information content (AvgIpc) is 2.63. The molecule has 0 atom stereocenters. The van der Waals surface area contributed by atoms with Gasteiger partial charge in [0.25, 0.3) is 0 Å². The monoisotopic (exact) mass is 193 g/mol. The SMILES string of the molecule is CN(CC1(CN)CCC1)c1cc[nH]c1. The highest BCUT2D eigenvalue weighted by atomic mass is 15.1. The molecule has 1 aromatic rings. The molecule has 0 bridgehead atoms. The van der Waals surface area contributed by atoms with Gasteiger partial charge in [-0.1, -0.05) is 6.42 Å². The molecule has 14 heavy (non-hydrogen) atoms. The topological polar surface area (TPSA) is 45.0 Å². The molecule has 1 aliphatic carbocycles. The number of nitrogens with two attached hydrogens (primary N) is 1. The molecule has 0 spiro atoms. The van der Waals surface area contributed by atoms with Gasteiger partial charge < -0.3 is 15.6 Å². The molecule has 0 aliphatic heterocycles. The van der Waals surface area contributed by atoms with Gasteiger partial charge in [0.15, 0.2) is 0 Å². The van der Waals surface area contributed by atoms with E-state index in [-0.39, 0.29) is 0 Å². The van der Waals surface area contributed by atoms with Crippen molar-refractivity contribution in [1.82, 2.24) is 4.98 Å². The minimum absolute atomic E-state index is 0.395. The number of hydrogen-bond donors (Lipinski definition) is 2. The lowest BCUT2D eigenvalue weighted by molar-refractivity contribution is 0.154. The van der Waals surface area contributed by atoms with Crippen LogP contribution in [0.5, 0.6) is 0 Å². The summed E-state index contributed by atoms with van der Waals surface area (Å²) >= 11 is 0. The Balaban J connectivity index is 1.97. The van der Waals surface area contributed by atoms with Crippen molar-refractivity contribution >= 4 is 5.69 Å². The van der Waals surface area contributed by atoms with Crippen molar-refractivity contribution in [3.63, 3.8) is 0 Å². The number of hydrogen-bond acceptors (Lipinski definition) is 2. The highest BCUT2D eigenvalue weighted by Crippen LogP contribution is 2.40. The lowest BCUT2D eigenvalue weighted by Crippen LogP contribution is -2.46. The van der Waals surface area contributed by atoms with E-state index >= 15 is 0 Å². The Labute approximate surface area is 85.3 Å². The molecule has 0 radical (unpaired) electrons. The number of H-pyrrole nitrogens is 1. The summed E-state index contributed by atoms with van der Waals surface area (Å²) in [4.78, 5) is 5.37. The van der Waals surface area contributed by atoms with Crippen LogP contribution in [0, 0.1) is 5.41 Å². The first-order valence-electron chi connectivity index (χ1n) is 5.30. The van der Waals surface area contributed by atoms with Gasteiger partial charge >= 0.3 is 0 Å². The highest BCUT2D eigenvalue weighted by Gasteiger charge is 2.36. The Morgan fingerprint density at radius 2 is 2.36 bits per heavy atom. The molecule has 0 amide bonds. The van der Waals surface area contributed by atoms with Crippen molar-refractivity contribution < 1.29 is 0 Å². The van der Waals surface area contributed by atoms with Crippen LogP contribution in [0.4, 0.5) is 5.69 Å². The Hall–Kier alpha value is -0.960. The first-order chi connectivity index (χ1) is 6.76. The lowest BCUT2D eigenvalue weighted by atomic mass is 9.68. The molecule has 1 heterocycles. The van der Waals surface area contributed by atoms with Crippen molar-refractivity contribution in [3.8, 4) is 0 Å². The second kappa shape index (κ2) is 3.65. The van der Waals surface area contributed by atoms with E-state index < -0.39 is 0 Å². The fraction of sp³-hybridized carbons (Fsp3) is 0.636. The molecule has 2 rings (SSSR count). The van der Waals surface area contributed by atoms with Crippen molar-refractivity contribution in [1.29, 1.82) is 0 Å². The fourth-order valence-electron chi connectivity index (χ4n) is 2.25. The summed E-state index contributed by atoms with van der Waals surface area (Å²) < 4.78 is 0. The maximum absolute atomic E-state index is 5.84. The zero-order valence-corrected chi connectivity index (χ0v) is 8.79. The summed E-state index contributed by atoms with van der Waals surface area (Å²) in [6.45, 7) is 1.91. The van der Waals surface area contributed by atoms with Gasteiger partial charge in [0.1, 0.15) is 0 Å². The summed E-state index contributed by atoms with van der Waals surface area (Å²) in [5.41, 5.74) is 7.49. The third kappa shape index (κ3) is 1.64. The molecule has 1 fully saturated rings. The van der Waals surface area contributed by atoms with Crippen molar-refractivity contribution in [2.24, 2.45) is 11.1 Å². The number of rotatable bonds is 4. The highest BCUT2D eigenvalue weighted by molar-refractivity contribution is 5.43. The molecule has 3 heteroatoms. The van der Waals surface area contributed by atoms with Crippen molar-refractivity contribution in [3.05, 3.63) is 18.5 Å². The van der Waals surface area contributed by atoms with Crippen LogP contribution >= 0.6 is 0 Å². The minimum atomic E-state index is 0.395. The summed E-state index contributed by atoms with van der Waals surface area (Å²) in [6, 6.07) is 2.10. The van der Waals surface area contributed by atoms with E-state index in [2.05, 4.69) is 23.0 Å². The molecule has 0 aromatic carbocycles. The number of nitrogens with zero attached hydrogens (tertiary/aromatic N) is 1. The predicted octanol–water partition coefficient (Wildman–Crippen LogP) is 1.58. The molecule has 0 saturated heterocycles. The van der Waals surface area contributed by atoms with Gasteiger partial charge in [-0.05, 0) is 25.5 Å². The van der Waals surface area contributed by atoms with E-state index in [4.69, 9.17) is 5.73 Å². The third-order valence-electron chi connectivity index (χ3n) is 3.44. The van der Waals surface area contributed by atoms with Gasteiger partial charge in [-0.15, -0.1) is 0 Å². The van der Waals surface area contributed by atoms with E-state index in [1.807, 2.05) is 12.4 Å². The first-order valence-corrected chi connectivity index (χ1v) is 5.30. The van der Waals surface area contributed by atoms with Gasteiger partial charge in [-0.25, -0.2) is 0 Å². The summed E-state index contributed by atoms with van der Waals surface area (Å²) in [6.07, 6.45) is 7.92. The molecular weight excluding hydrogens is 174 g/mol. The van der Waals surface area contributed by atoms with Gasteiger partial charge in [0, 0.05) is 31.4 Å². The van der Waals surface area contributed by atoms with Gasteiger partial charge in [-0.3, -0.25) is 0 Å². The quantitative estimate of drug-likeness (QED) is 0.762. The maximum atomic E-state index is 5.84. The van der Waals surface area contributed by atoms with Gasteiger partial charge in [-0.2, -0.15) is 0 Å². The van der Waals surface area contributed by atoms with Crippen LogP contribution in [0.3, 0.4) is 0 Å². The molecule has 1 aromatic heterocycles. The van der Waals surface area contributed by atoms with Crippen molar-refractivity contribution in [2.75, 3.05) is 25.0 Å². The molecule has 1 aliphatic rings. The van der Waals surface area contributed by atoms with Crippen LogP contribution in [-0.2, 0) is 0 Å². The smallest absolute Gasteiger partial charge is 0.0541 e. The molecule has 78 valence electrons. The number of nitrogens with one attached hydrogen (secondary N) is 1. The van der Waals surface area contributed by atoms with Crippen LogP contribution in [-0.4, -0.2) is 25.1 Å². The van der Waals surface area contributed by atoms with Crippen LogP contribution in [0.15, 0.2) is 18.5 Å². The molecular formula is C11H19N3. The van der Waals surface area contributed by atoms with E-state index in [0.29, 0.717) is 5.41 Å². The predicted molar refractivity (Wildman–Crippen MR) is 59.4 cm³/mol. The minimum Gasteiger partial charge on any atom is -0.373 e. The molecule has 3 nitrogen and oxygen atoms in total. The van der Waals surface area contributed by atoms with Crippen molar-refractivity contribution in [2.45, 2.75) is 19.3 Å². The van der Waals surface area contributed by atoms with E-state index in [1.54, 1.807) is 0 Å². The average molecular weight is 193 g/mol. The normalized spacial score (nSPS) is 19.0. The first kappa shape index (κ1) is 9.59. The molecule has 0 unspecified atom stereocenters. The van der Waals surface area contributed by atoms with Crippen LogP contribution < -0.4 is 10.6 Å². The van der Waals surface area contributed by atoms with Gasteiger partial charge in [0.05, 0.1) is 5.69 Å². The van der Waals surface area contributed by atoms with E-state index in [1.165, 1.54) is 24.9 Å². The number of aromatic nitrogens is 1. The second-order valence-corrected chi connectivity index (χ2v) is 4.48. The lowest BCUT2D eigenvalue weighted by Gasteiger charge is -2.43. The summed E-state index contributed by atoms with van der Waals surface area (Å²) in [5.74, 6) is 0. The van der Waals surface area contributed by atoms with Gasteiger partial charge in [0.2, 0.25) is 0 Å². The third-order valence-corrected chi connectivity index (χ3v) is 3.44. The largest absolute Gasteiger partial charge is 0.373 e. The van der Waals surface area contributed by atoms with E-state index in [9.17, 15) is 0 Å². The fourth-order valence-corrected chi connectivity index (χ4v) is 2.25. The van der Waals surface area contributed by atoms with Crippen LogP contribution in [0.1, 0.15) is 19.3 Å². The number of aromatic amines is 1. The Morgan fingerprint density at radius 1 is 1.57 bits per heavy atom. The van der Waals surface area contributed by atoms with E-state index in [0.717, 1.165) is 13.1 Å². The molecule has 3 N–H and O–H groups in total. The Bertz CT molecular complexity index is 269. The van der Waals surface area contributed by atoms with Crippen LogP contribution in [0.25, 0.3) is 0 Å². The summed E-state index contributed by atoms with van der Waals surface area (Å²) in [7, 11) is 2.14. The zero-order chi connectivity index (χ0) is 10.0. The zero-order valence-electron chi connectivity index (χ0n) is 8.79. The van der Waals surface area contributed by atoms with Crippen LogP contribution in [0.2, 0.25) is 0 Å². The maximum Gasteiger partial charge on any atom is 0.0541 e. The number of anilines is 1. The second-order valence-electron chi connectivity index (χ2n) is 4.48. The molecule has 1 saturated carbocycles. The standard InChI is InChI=1S/C11H19N3/c1-14(10-3-6-13-7-10)9-11(8-12)4-2-5-11/h3,6-7,13H,2,4-5,8-9,12H2,1H3.